The second kappa shape index (κ2) is 7.59. The van der Waals surface area contributed by atoms with E-state index in [4.69, 9.17) is 4.74 Å². The number of carbonyl (C=O) groups is 2. The molecular weight excluding hydrogens is 366 g/mol. The van der Waals surface area contributed by atoms with E-state index in [9.17, 15) is 9.59 Å². The first kappa shape index (κ1) is 17.8. The van der Waals surface area contributed by atoms with Crippen LogP contribution < -0.4 is 10.2 Å². The Bertz CT molecular complexity index is 862. The summed E-state index contributed by atoms with van der Waals surface area (Å²) >= 11 is 1.41. The highest BCUT2D eigenvalue weighted by Crippen LogP contribution is 2.39. The number of rotatable bonds is 5. The van der Waals surface area contributed by atoms with Crippen LogP contribution in [0.3, 0.4) is 0 Å². The Morgan fingerprint density at radius 2 is 2.15 bits per heavy atom. The SMILES string of the molecule is CCOC(=O)C1CCc2sc(NC(=O)c3cc(N4CCCC4)ncn3)nc21. The summed E-state index contributed by atoms with van der Waals surface area (Å²) in [6.07, 6.45) is 5.18. The average Bonchev–Trinajstić information content (AvgIpc) is 3.39. The number of amides is 1. The Morgan fingerprint density at radius 1 is 1.33 bits per heavy atom. The normalized spacial score (nSPS) is 18.4. The van der Waals surface area contributed by atoms with Crippen LogP contribution in [0.2, 0.25) is 0 Å². The summed E-state index contributed by atoms with van der Waals surface area (Å²) in [7, 11) is 0. The van der Waals surface area contributed by atoms with Crippen molar-refractivity contribution >= 4 is 34.2 Å². The monoisotopic (exact) mass is 387 g/mol. The minimum atomic E-state index is -0.331. The number of hydrogen-bond acceptors (Lipinski definition) is 8. The first-order valence-electron chi connectivity index (χ1n) is 9.20. The molecule has 142 valence electrons. The molecule has 1 saturated heterocycles. The number of anilines is 2. The first-order chi connectivity index (χ1) is 13.2. The average molecular weight is 387 g/mol. The molecule has 27 heavy (non-hydrogen) atoms. The van der Waals surface area contributed by atoms with Crippen LogP contribution >= 0.6 is 11.3 Å². The van der Waals surface area contributed by atoms with Crippen molar-refractivity contribution in [1.82, 2.24) is 15.0 Å². The predicted molar refractivity (Wildman–Crippen MR) is 101 cm³/mol. The van der Waals surface area contributed by atoms with Crippen LogP contribution in [0.5, 0.6) is 0 Å². The maximum absolute atomic E-state index is 12.6. The summed E-state index contributed by atoms with van der Waals surface area (Å²) < 4.78 is 5.12. The second-order valence-corrected chi connectivity index (χ2v) is 7.66. The van der Waals surface area contributed by atoms with E-state index in [0.717, 1.165) is 48.7 Å². The van der Waals surface area contributed by atoms with Crippen molar-refractivity contribution in [3.8, 4) is 0 Å². The lowest BCUT2D eigenvalue weighted by molar-refractivity contribution is -0.145. The third-order valence-corrected chi connectivity index (χ3v) is 5.87. The summed E-state index contributed by atoms with van der Waals surface area (Å²) in [6.45, 7) is 4.04. The van der Waals surface area contributed by atoms with Gasteiger partial charge in [-0.3, -0.25) is 14.9 Å². The summed E-state index contributed by atoms with van der Waals surface area (Å²) in [6, 6.07) is 1.71. The molecule has 1 unspecified atom stereocenters. The molecule has 0 aromatic carbocycles. The summed E-state index contributed by atoms with van der Waals surface area (Å²) in [5.74, 6) is -0.122. The van der Waals surface area contributed by atoms with Crippen LogP contribution in [-0.4, -0.2) is 46.5 Å². The molecule has 1 atom stereocenters. The van der Waals surface area contributed by atoms with Gasteiger partial charge in [0.15, 0.2) is 5.13 Å². The molecule has 1 fully saturated rings. The van der Waals surface area contributed by atoms with E-state index in [-0.39, 0.29) is 17.8 Å². The van der Waals surface area contributed by atoms with Crippen LogP contribution in [-0.2, 0) is 16.0 Å². The fourth-order valence-electron chi connectivity index (χ4n) is 3.50. The molecule has 8 nitrogen and oxygen atoms in total. The van der Waals surface area contributed by atoms with E-state index in [2.05, 4.69) is 25.2 Å². The zero-order valence-electron chi connectivity index (χ0n) is 15.1. The number of carbonyl (C=O) groups excluding carboxylic acids is 2. The second-order valence-electron chi connectivity index (χ2n) is 6.58. The van der Waals surface area contributed by atoms with Gasteiger partial charge in [0.05, 0.1) is 12.3 Å². The van der Waals surface area contributed by atoms with Gasteiger partial charge in [0.2, 0.25) is 0 Å². The van der Waals surface area contributed by atoms with Crippen molar-refractivity contribution in [3.63, 3.8) is 0 Å². The lowest BCUT2D eigenvalue weighted by Gasteiger charge is -2.16. The quantitative estimate of drug-likeness (QED) is 0.787. The highest BCUT2D eigenvalue weighted by molar-refractivity contribution is 7.16. The minimum Gasteiger partial charge on any atom is -0.465 e. The van der Waals surface area contributed by atoms with E-state index in [1.54, 1.807) is 13.0 Å². The van der Waals surface area contributed by atoms with Crippen LogP contribution in [0.25, 0.3) is 0 Å². The number of nitrogens with one attached hydrogen (secondary N) is 1. The first-order valence-corrected chi connectivity index (χ1v) is 10.0. The van der Waals surface area contributed by atoms with Crippen molar-refractivity contribution < 1.29 is 14.3 Å². The van der Waals surface area contributed by atoms with Gasteiger partial charge in [-0.1, -0.05) is 0 Å². The fraction of sp³-hybridized carbons (Fsp3) is 0.500. The Hall–Kier alpha value is -2.55. The number of nitrogens with zero attached hydrogens (tertiary/aromatic N) is 4. The topological polar surface area (TPSA) is 97.3 Å². The molecule has 3 heterocycles. The molecule has 1 aliphatic carbocycles. The van der Waals surface area contributed by atoms with Crippen LogP contribution in [0.4, 0.5) is 10.9 Å². The lowest BCUT2D eigenvalue weighted by Crippen LogP contribution is -2.21. The third-order valence-electron chi connectivity index (χ3n) is 4.82. The van der Waals surface area contributed by atoms with Crippen molar-refractivity contribution in [2.45, 2.75) is 38.5 Å². The van der Waals surface area contributed by atoms with Crippen molar-refractivity contribution in [1.29, 1.82) is 0 Å². The van der Waals surface area contributed by atoms with Gasteiger partial charge in [-0.25, -0.2) is 15.0 Å². The summed E-state index contributed by atoms with van der Waals surface area (Å²) in [5, 5.41) is 3.29. The molecule has 2 aromatic heterocycles. The molecule has 2 aliphatic rings. The van der Waals surface area contributed by atoms with Crippen LogP contribution in [0.1, 0.15) is 53.2 Å². The maximum atomic E-state index is 12.6. The summed E-state index contributed by atoms with van der Waals surface area (Å²) in [4.78, 5) is 40.7. The third kappa shape index (κ3) is 3.64. The Morgan fingerprint density at radius 3 is 2.93 bits per heavy atom. The van der Waals surface area contributed by atoms with Crippen molar-refractivity contribution in [3.05, 3.63) is 28.7 Å². The van der Waals surface area contributed by atoms with E-state index >= 15 is 0 Å². The van der Waals surface area contributed by atoms with Crippen LogP contribution in [0.15, 0.2) is 12.4 Å². The molecule has 1 amide bonds. The molecule has 9 heteroatoms. The number of aryl methyl sites for hydroxylation is 1. The fourth-order valence-corrected chi connectivity index (χ4v) is 4.54. The van der Waals surface area contributed by atoms with Gasteiger partial charge in [0, 0.05) is 24.0 Å². The zero-order chi connectivity index (χ0) is 18.8. The molecule has 0 saturated carbocycles. The minimum absolute atomic E-state index is 0.245. The largest absolute Gasteiger partial charge is 0.465 e. The molecule has 1 N–H and O–H groups in total. The number of fused-ring (bicyclic) bond motifs is 1. The molecule has 4 rings (SSSR count). The number of thiazole rings is 1. The van der Waals surface area contributed by atoms with Gasteiger partial charge in [0.25, 0.3) is 5.91 Å². The molecule has 0 bridgehead atoms. The molecule has 1 aliphatic heterocycles. The highest BCUT2D eigenvalue weighted by atomic mass is 32.1. The van der Waals surface area contributed by atoms with E-state index in [0.29, 0.717) is 23.9 Å². The molecule has 0 spiro atoms. The van der Waals surface area contributed by atoms with Gasteiger partial charge in [-0.15, -0.1) is 11.3 Å². The maximum Gasteiger partial charge on any atom is 0.315 e. The molecule has 2 aromatic rings. The summed E-state index contributed by atoms with van der Waals surface area (Å²) in [5.41, 5.74) is 1.04. The zero-order valence-corrected chi connectivity index (χ0v) is 15.9. The van der Waals surface area contributed by atoms with Crippen molar-refractivity contribution in [2.24, 2.45) is 0 Å². The number of ether oxygens (including phenoxy) is 1. The predicted octanol–water partition coefficient (Wildman–Crippen LogP) is 2.38. The van der Waals surface area contributed by atoms with Gasteiger partial charge in [-0.2, -0.15) is 0 Å². The Kier molecular flexibility index (Phi) is 5.02. The Balaban J connectivity index is 1.47. The molecule has 0 radical (unpaired) electrons. The van der Waals surface area contributed by atoms with E-state index in [1.807, 2.05) is 0 Å². The van der Waals surface area contributed by atoms with Crippen LogP contribution in [0, 0.1) is 0 Å². The Labute approximate surface area is 161 Å². The number of aromatic nitrogens is 3. The van der Waals surface area contributed by atoms with Gasteiger partial charge in [-0.05, 0) is 32.6 Å². The van der Waals surface area contributed by atoms with Gasteiger partial charge in [0.1, 0.15) is 23.8 Å². The standard InChI is InChI=1S/C18H21N5O3S/c1-2-26-17(25)11-5-6-13-15(11)21-18(27-13)22-16(24)12-9-14(20-10-19-12)23-7-3-4-8-23/h9-11H,2-8H2,1H3,(H,21,22,24). The van der Waals surface area contributed by atoms with E-state index in [1.165, 1.54) is 17.7 Å². The highest BCUT2D eigenvalue weighted by Gasteiger charge is 2.34. The van der Waals surface area contributed by atoms with Gasteiger partial charge >= 0.3 is 5.97 Å². The molecular formula is C18H21N5O3S. The van der Waals surface area contributed by atoms with Crippen molar-refractivity contribution in [2.75, 3.05) is 29.9 Å². The van der Waals surface area contributed by atoms with E-state index < -0.39 is 0 Å². The lowest BCUT2D eigenvalue weighted by atomic mass is 10.1. The number of hydrogen-bond donors (Lipinski definition) is 1. The smallest absolute Gasteiger partial charge is 0.315 e. The number of esters is 1. The van der Waals surface area contributed by atoms with Gasteiger partial charge < -0.3 is 9.64 Å².